The standard InChI is InChI=1S/C13H23N5O/c1-14-11-6-12(17-13(16-11)9-19-3)15-7-10-4-5-18(2)8-10/h6,10H,4-5,7-9H2,1-3H3,(H2,14,15,16,17). The highest BCUT2D eigenvalue weighted by atomic mass is 16.5. The minimum absolute atomic E-state index is 0.427. The predicted octanol–water partition coefficient (Wildman–Crippen LogP) is 1.03. The summed E-state index contributed by atoms with van der Waals surface area (Å²) in [5.41, 5.74) is 0. The van der Waals surface area contributed by atoms with Crippen molar-refractivity contribution >= 4 is 11.6 Å². The third-order valence-electron chi connectivity index (χ3n) is 3.36. The van der Waals surface area contributed by atoms with Crippen LogP contribution in [0.3, 0.4) is 0 Å². The smallest absolute Gasteiger partial charge is 0.158 e. The molecule has 1 aliphatic heterocycles. The summed E-state index contributed by atoms with van der Waals surface area (Å²) in [6.45, 7) is 3.72. The molecule has 2 N–H and O–H groups in total. The van der Waals surface area contributed by atoms with Crippen LogP contribution in [-0.2, 0) is 11.3 Å². The number of aromatic nitrogens is 2. The molecule has 0 aromatic carbocycles. The van der Waals surface area contributed by atoms with Gasteiger partial charge in [-0.1, -0.05) is 0 Å². The average molecular weight is 265 g/mol. The zero-order valence-electron chi connectivity index (χ0n) is 11.9. The first-order chi connectivity index (χ1) is 9.21. The van der Waals surface area contributed by atoms with Crippen molar-refractivity contribution in [3.8, 4) is 0 Å². The van der Waals surface area contributed by atoms with E-state index < -0.39 is 0 Å². The van der Waals surface area contributed by atoms with Crippen LogP contribution in [0.2, 0.25) is 0 Å². The fourth-order valence-electron chi connectivity index (χ4n) is 2.35. The number of rotatable bonds is 6. The molecule has 6 heteroatoms. The summed E-state index contributed by atoms with van der Waals surface area (Å²) < 4.78 is 5.09. The van der Waals surface area contributed by atoms with E-state index in [1.165, 1.54) is 13.0 Å². The molecular weight excluding hydrogens is 242 g/mol. The first-order valence-electron chi connectivity index (χ1n) is 6.68. The van der Waals surface area contributed by atoms with Crippen molar-refractivity contribution in [1.29, 1.82) is 0 Å². The third-order valence-corrected chi connectivity index (χ3v) is 3.36. The highest BCUT2D eigenvalue weighted by Gasteiger charge is 2.19. The van der Waals surface area contributed by atoms with Crippen LogP contribution in [0.4, 0.5) is 11.6 Å². The number of nitrogens with zero attached hydrogens (tertiary/aromatic N) is 3. The zero-order chi connectivity index (χ0) is 13.7. The van der Waals surface area contributed by atoms with Gasteiger partial charge in [0.2, 0.25) is 0 Å². The molecule has 1 aromatic rings. The van der Waals surface area contributed by atoms with Crippen LogP contribution in [0, 0.1) is 5.92 Å². The van der Waals surface area contributed by atoms with Gasteiger partial charge < -0.3 is 20.3 Å². The second-order valence-electron chi connectivity index (χ2n) is 5.04. The monoisotopic (exact) mass is 265 g/mol. The summed E-state index contributed by atoms with van der Waals surface area (Å²) in [6.07, 6.45) is 1.25. The fraction of sp³-hybridized carbons (Fsp3) is 0.692. The topological polar surface area (TPSA) is 62.3 Å². The van der Waals surface area contributed by atoms with Crippen molar-refractivity contribution in [3.63, 3.8) is 0 Å². The predicted molar refractivity (Wildman–Crippen MR) is 76.4 cm³/mol. The fourth-order valence-corrected chi connectivity index (χ4v) is 2.35. The van der Waals surface area contributed by atoms with Crippen LogP contribution in [0.1, 0.15) is 12.2 Å². The van der Waals surface area contributed by atoms with Crippen LogP contribution in [-0.4, -0.2) is 55.7 Å². The van der Waals surface area contributed by atoms with Crippen molar-refractivity contribution in [3.05, 3.63) is 11.9 Å². The summed E-state index contributed by atoms with van der Waals surface area (Å²) in [5.74, 6) is 3.07. The molecule has 0 radical (unpaired) electrons. The third kappa shape index (κ3) is 4.04. The zero-order valence-corrected chi connectivity index (χ0v) is 11.9. The number of methoxy groups -OCH3 is 1. The summed E-state index contributed by atoms with van der Waals surface area (Å²) in [7, 11) is 5.67. The summed E-state index contributed by atoms with van der Waals surface area (Å²) in [4.78, 5) is 11.2. The van der Waals surface area contributed by atoms with Crippen LogP contribution < -0.4 is 10.6 Å². The van der Waals surface area contributed by atoms with Crippen LogP contribution in [0.5, 0.6) is 0 Å². The Bertz CT molecular complexity index is 412. The molecule has 1 saturated heterocycles. The van der Waals surface area contributed by atoms with E-state index in [1.807, 2.05) is 13.1 Å². The van der Waals surface area contributed by atoms with Gasteiger partial charge in [-0.3, -0.25) is 0 Å². The molecule has 2 heterocycles. The van der Waals surface area contributed by atoms with Gasteiger partial charge in [-0.15, -0.1) is 0 Å². The number of hydrogen-bond donors (Lipinski definition) is 2. The van der Waals surface area contributed by atoms with Gasteiger partial charge in [-0.05, 0) is 25.9 Å². The van der Waals surface area contributed by atoms with E-state index in [2.05, 4.69) is 32.5 Å². The number of ether oxygens (including phenoxy) is 1. The minimum Gasteiger partial charge on any atom is -0.377 e. The molecule has 6 nitrogen and oxygen atoms in total. The lowest BCUT2D eigenvalue weighted by Crippen LogP contribution is -2.19. The van der Waals surface area contributed by atoms with Gasteiger partial charge >= 0.3 is 0 Å². The molecule has 0 aliphatic carbocycles. The van der Waals surface area contributed by atoms with E-state index in [9.17, 15) is 0 Å². The molecule has 19 heavy (non-hydrogen) atoms. The van der Waals surface area contributed by atoms with Gasteiger partial charge in [0.1, 0.15) is 18.2 Å². The van der Waals surface area contributed by atoms with E-state index in [0.717, 1.165) is 24.7 Å². The van der Waals surface area contributed by atoms with Gasteiger partial charge in [0, 0.05) is 33.3 Å². The largest absolute Gasteiger partial charge is 0.377 e. The summed E-state index contributed by atoms with van der Waals surface area (Å²) >= 11 is 0. The Hall–Kier alpha value is -1.40. The Labute approximate surface area is 114 Å². The number of nitrogens with one attached hydrogen (secondary N) is 2. The molecule has 1 aromatic heterocycles. The first kappa shape index (κ1) is 14.0. The van der Waals surface area contributed by atoms with Crippen molar-refractivity contribution in [1.82, 2.24) is 14.9 Å². The van der Waals surface area contributed by atoms with E-state index in [1.54, 1.807) is 7.11 Å². The molecule has 0 saturated carbocycles. The van der Waals surface area contributed by atoms with E-state index in [-0.39, 0.29) is 0 Å². The Morgan fingerprint density at radius 3 is 2.84 bits per heavy atom. The van der Waals surface area contributed by atoms with Gasteiger partial charge in [-0.2, -0.15) is 0 Å². The molecule has 1 fully saturated rings. The molecule has 1 atom stereocenters. The molecule has 106 valence electrons. The van der Waals surface area contributed by atoms with E-state index >= 15 is 0 Å². The first-order valence-corrected chi connectivity index (χ1v) is 6.68. The van der Waals surface area contributed by atoms with E-state index in [4.69, 9.17) is 4.74 Å². The molecule has 2 rings (SSSR count). The van der Waals surface area contributed by atoms with Gasteiger partial charge in [0.25, 0.3) is 0 Å². The minimum atomic E-state index is 0.427. The lowest BCUT2D eigenvalue weighted by atomic mass is 10.1. The maximum atomic E-state index is 5.09. The number of anilines is 2. The Morgan fingerprint density at radius 1 is 1.42 bits per heavy atom. The molecule has 1 aliphatic rings. The normalized spacial score (nSPS) is 19.6. The van der Waals surface area contributed by atoms with Gasteiger partial charge in [0.15, 0.2) is 5.82 Å². The van der Waals surface area contributed by atoms with Crippen molar-refractivity contribution in [2.45, 2.75) is 13.0 Å². The molecule has 1 unspecified atom stereocenters. The highest BCUT2D eigenvalue weighted by molar-refractivity contribution is 5.47. The van der Waals surface area contributed by atoms with Crippen LogP contribution >= 0.6 is 0 Å². The van der Waals surface area contributed by atoms with Crippen LogP contribution in [0.15, 0.2) is 6.07 Å². The number of hydrogen-bond acceptors (Lipinski definition) is 6. The SMILES string of the molecule is CNc1cc(NCC2CCN(C)C2)nc(COC)n1. The summed E-state index contributed by atoms with van der Waals surface area (Å²) in [6, 6.07) is 1.93. The lowest BCUT2D eigenvalue weighted by molar-refractivity contribution is 0.178. The summed E-state index contributed by atoms with van der Waals surface area (Å²) in [5, 5.41) is 6.45. The Morgan fingerprint density at radius 2 is 2.21 bits per heavy atom. The van der Waals surface area contributed by atoms with Crippen molar-refractivity contribution in [2.24, 2.45) is 5.92 Å². The second kappa shape index (κ2) is 6.68. The van der Waals surface area contributed by atoms with Crippen LogP contribution in [0.25, 0.3) is 0 Å². The molecule has 0 bridgehead atoms. The quantitative estimate of drug-likeness (QED) is 0.801. The van der Waals surface area contributed by atoms with Crippen molar-refractivity contribution < 1.29 is 4.74 Å². The second-order valence-corrected chi connectivity index (χ2v) is 5.04. The number of likely N-dealkylation sites (tertiary alicyclic amines) is 1. The average Bonchev–Trinajstić information content (AvgIpc) is 2.82. The van der Waals surface area contributed by atoms with Gasteiger partial charge in [-0.25, -0.2) is 9.97 Å². The molecule has 0 amide bonds. The lowest BCUT2D eigenvalue weighted by Gasteiger charge is -2.13. The maximum Gasteiger partial charge on any atom is 0.158 e. The maximum absolute atomic E-state index is 5.09. The molecule has 0 spiro atoms. The molecular formula is C13H23N5O. The van der Waals surface area contributed by atoms with Gasteiger partial charge in [0.05, 0.1) is 0 Å². The Balaban J connectivity index is 1.96. The Kier molecular flexibility index (Phi) is 4.93. The van der Waals surface area contributed by atoms with E-state index in [0.29, 0.717) is 18.3 Å². The van der Waals surface area contributed by atoms with Crippen molar-refractivity contribution in [2.75, 3.05) is 51.5 Å². The highest BCUT2D eigenvalue weighted by Crippen LogP contribution is 2.16.